The van der Waals surface area contributed by atoms with Crippen LogP contribution >= 0.6 is 0 Å². The molecule has 0 aliphatic carbocycles. The second kappa shape index (κ2) is 5.30. The van der Waals surface area contributed by atoms with Gasteiger partial charge < -0.3 is 10.3 Å². The Morgan fingerprint density at radius 3 is 2.75 bits per heavy atom. The Morgan fingerprint density at radius 2 is 2.00 bits per heavy atom. The first-order valence-corrected chi connectivity index (χ1v) is 6.58. The maximum Gasteiger partial charge on any atom is 0.255 e. The van der Waals surface area contributed by atoms with Crippen LogP contribution in [0.1, 0.15) is 5.56 Å². The van der Waals surface area contributed by atoms with Crippen molar-refractivity contribution in [2.75, 3.05) is 0 Å². The zero-order chi connectivity index (χ0) is 13.9. The summed E-state index contributed by atoms with van der Waals surface area (Å²) in [5, 5.41) is 5.20. The first-order valence-electron chi connectivity index (χ1n) is 6.58. The van der Waals surface area contributed by atoms with Gasteiger partial charge in [-0.25, -0.2) is 0 Å². The van der Waals surface area contributed by atoms with E-state index in [1.54, 1.807) is 10.8 Å². The molecule has 3 rings (SSSR count). The summed E-state index contributed by atoms with van der Waals surface area (Å²) in [4.78, 5) is 12.4. The molecule has 0 saturated heterocycles. The lowest BCUT2D eigenvalue weighted by atomic mass is 10.1. The summed E-state index contributed by atoms with van der Waals surface area (Å²) in [6, 6.07) is 11.6. The first kappa shape index (κ1) is 12.6. The summed E-state index contributed by atoms with van der Waals surface area (Å²) in [5.41, 5.74) is 7.23. The highest BCUT2D eigenvalue weighted by Gasteiger charge is 2.08. The Morgan fingerprint density at radius 1 is 1.15 bits per heavy atom. The number of pyridine rings is 1. The molecular formula is C15H16N4O. The van der Waals surface area contributed by atoms with E-state index >= 15 is 0 Å². The minimum atomic E-state index is -0.0154. The maximum atomic E-state index is 12.4. The van der Waals surface area contributed by atoms with E-state index in [2.05, 4.69) is 5.10 Å². The van der Waals surface area contributed by atoms with Crippen molar-refractivity contribution in [3.63, 3.8) is 0 Å². The van der Waals surface area contributed by atoms with Crippen molar-refractivity contribution in [1.82, 2.24) is 14.3 Å². The first-order chi connectivity index (χ1) is 9.79. The smallest absolute Gasteiger partial charge is 0.255 e. The number of rotatable bonds is 4. The third-order valence-electron chi connectivity index (χ3n) is 3.41. The third-order valence-corrected chi connectivity index (χ3v) is 3.41. The number of para-hydroxylation sites is 1. The number of benzene rings is 1. The summed E-state index contributed by atoms with van der Waals surface area (Å²) >= 11 is 0. The van der Waals surface area contributed by atoms with Gasteiger partial charge in [-0.15, -0.1) is 0 Å². The number of aromatic nitrogens is 3. The predicted molar refractivity (Wildman–Crippen MR) is 78.3 cm³/mol. The molecule has 0 bridgehead atoms. The minimum absolute atomic E-state index is 0.0154. The molecule has 0 radical (unpaired) electrons. The fraction of sp³-hybridized carbons (Fsp3) is 0.200. The van der Waals surface area contributed by atoms with Crippen LogP contribution in [-0.2, 0) is 19.6 Å². The summed E-state index contributed by atoms with van der Waals surface area (Å²) in [6.45, 7) is 1.49. The molecule has 0 spiro atoms. The van der Waals surface area contributed by atoms with Crippen LogP contribution in [0.4, 0.5) is 0 Å². The quantitative estimate of drug-likeness (QED) is 0.777. The van der Waals surface area contributed by atoms with Crippen LogP contribution < -0.4 is 11.3 Å². The molecule has 2 heterocycles. The van der Waals surface area contributed by atoms with Crippen molar-refractivity contribution in [2.24, 2.45) is 5.73 Å². The highest BCUT2D eigenvalue weighted by atomic mass is 16.1. The van der Waals surface area contributed by atoms with Gasteiger partial charge in [0.1, 0.15) is 0 Å². The van der Waals surface area contributed by atoms with Crippen LogP contribution in [0.25, 0.3) is 10.9 Å². The molecule has 3 aromatic rings. The fourth-order valence-corrected chi connectivity index (χ4v) is 2.39. The molecule has 20 heavy (non-hydrogen) atoms. The molecule has 0 aliphatic rings. The SMILES string of the molecule is NCc1cc2ccccc2n(CCn2cccn2)c1=O. The molecule has 0 saturated carbocycles. The molecular weight excluding hydrogens is 252 g/mol. The van der Waals surface area contributed by atoms with E-state index in [4.69, 9.17) is 5.73 Å². The number of nitrogens with two attached hydrogens (primary N) is 1. The van der Waals surface area contributed by atoms with Crippen LogP contribution in [0.3, 0.4) is 0 Å². The monoisotopic (exact) mass is 268 g/mol. The van der Waals surface area contributed by atoms with E-state index in [1.165, 1.54) is 0 Å². The number of aryl methyl sites for hydroxylation is 2. The second-order valence-electron chi connectivity index (χ2n) is 4.66. The van der Waals surface area contributed by atoms with Crippen molar-refractivity contribution in [3.8, 4) is 0 Å². The molecule has 0 aliphatic heterocycles. The van der Waals surface area contributed by atoms with Gasteiger partial charge in [-0.05, 0) is 23.6 Å². The van der Waals surface area contributed by atoms with Crippen molar-refractivity contribution in [3.05, 3.63) is 64.7 Å². The normalized spacial score (nSPS) is 11.1. The minimum Gasteiger partial charge on any atom is -0.326 e. The Hall–Kier alpha value is -2.40. The van der Waals surface area contributed by atoms with Crippen LogP contribution in [0.5, 0.6) is 0 Å². The fourth-order valence-electron chi connectivity index (χ4n) is 2.39. The van der Waals surface area contributed by atoms with Gasteiger partial charge in [-0.3, -0.25) is 9.48 Å². The molecule has 2 N–H and O–H groups in total. The average Bonchev–Trinajstić information content (AvgIpc) is 2.99. The number of hydrogen-bond acceptors (Lipinski definition) is 3. The van der Waals surface area contributed by atoms with Gasteiger partial charge in [-0.1, -0.05) is 18.2 Å². The van der Waals surface area contributed by atoms with Crippen LogP contribution in [0, 0.1) is 0 Å². The van der Waals surface area contributed by atoms with Crippen molar-refractivity contribution in [2.45, 2.75) is 19.6 Å². The zero-order valence-electron chi connectivity index (χ0n) is 11.1. The number of hydrogen-bond donors (Lipinski definition) is 1. The zero-order valence-corrected chi connectivity index (χ0v) is 11.1. The summed E-state index contributed by atoms with van der Waals surface area (Å²) in [7, 11) is 0. The second-order valence-corrected chi connectivity index (χ2v) is 4.66. The van der Waals surface area contributed by atoms with Gasteiger partial charge in [-0.2, -0.15) is 5.10 Å². The van der Waals surface area contributed by atoms with Gasteiger partial charge in [0.15, 0.2) is 0 Å². The number of nitrogens with zero attached hydrogens (tertiary/aromatic N) is 3. The van der Waals surface area contributed by atoms with E-state index in [1.807, 2.05) is 47.3 Å². The van der Waals surface area contributed by atoms with E-state index in [0.717, 1.165) is 10.9 Å². The molecule has 2 aromatic heterocycles. The topological polar surface area (TPSA) is 65.8 Å². The van der Waals surface area contributed by atoms with E-state index in [-0.39, 0.29) is 12.1 Å². The van der Waals surface area contributed by atoms with Crippen LogP contribution in [0.2, 0.25) is 0 Å². The Kier molecular flexibility index (Phi) is 3.35. The van der Waals surface area contributed by atoms with E-state index in [9.17, 15) is 4.79 Å². The summed E-state index contributed by atoms with van der Waals surface area (Å²) in [5.74, 6) is 0. The van der Waals surface area contributed by atoms with Crippen molar-refractivity contribution in [1.29, 1.82) is 0 Å². The molecule has 5 heteroatoms. The molecule has 102 valence electrons. The molecule has 1 aromatic carbocycles. The molecule has 5 nitrogen and oxygen atoms in total. The standard InChI is InChI=1S/C15H16N4O/c16-11-13-10-12-4-1-2-5-14(12)19(15(13)20)9-8-18-7-3-6-17-18/h1-7,10H,8-9,11,16H2. The lowest BCUT2D eigenvalue weighted by Crippen LogP contribution is -2.27. The van der Waals surface area contributed by atoms with Crippen molar-refractivity contribution < 1.29 is 0 Å². The highest BCUT2D eigenvalue weighted by Crippen LogP contribution is 2.13. The molecule has 0 fully saturated rings. The number of fused-ring (bicyclic) bond motifs is 1. The Labute approximate surface area is 116 Å². The third kappa shape index (κ3) is 2.23. The van der Waals surface area contributed by atoms with Gasteiger partial charge in [0.05, 0.1) is 12.1 Å². The molecule has 0 unspecified atom stereocenters. The summed E-state index contributed by atoms with van der Waals surface area (Å²) in [6.07, 6.45) is 3.62. The largest absolute Gasteiger partial charge is 0.326 e. The maximum absolute atomic E-state index is 12.4. The lowest BCUT2D eigenvalue weighted by molar-refractivity contribution is 0.532. The molecule has 0 atom stereocenters. The summed E-state index contributed by atoms with van der Waals surface area (Å²) < 4.78 is 3.59. The lowest BCUT2D eigenvalue weighted by Gasteiger charge is -2.12. The van der Waals surface area contributed by atoms with Crippen molar-refractivity contribution >= 4 is 10.9 Å². The predicted octanol–water partition coefficient (Wildman–Crippen LogP) is 1.36. The van der Waals surface area contributed by atoms with Gasteiger partial charge in [0.25, 0.3) is 5.56 Å². The van der Waals surface area contributed by atoms with Gasteiger partial charge >= 0.3 is 0 Å². The highest BCUT2D eigenvalue weighted by molar-refractivity contribution is 5.79. The molecule has 0 amide bonds. The van der Waals surface area contributed by atoms with Crippen LogP contribution in [0.15, 0.2) is 53.6 Å². The van der Waals surface area contributed by atoms with E-state index < -0.39 is 0 Å². The van der Waals surface area contributed by atoms with Gasteiger partial charge in [0.2, 0.25) is 0 Å². The van der Waals surface area contributed by atoms with E-state index in [0.29, 0.717) is 18.7 Å². The Bertz CT molecular complexity index is 774. The average molecular weight is 268 g/mol. The Balaban J connectivity index is 2.07. The van der Waals surface area contributed by atoms with Crippen LogP contribution in [-0.4, -0.2) is 14.3 Å². The van der Waals surface area contributed by atoms with Gasteiger partial charge in [0, 0.05) is 31.0 Å².